The normalized spacial score (nSPS) is 10.8. The first kappa shape index (κ1) is 16.5. The minimum Gasteiger partial charge on any atom is -0.496 e. The number of benzene rings is 2. The number of methoxy groups -OCH3 is 1. The van der Waals surface area contributed by atoms with Crippen LogP contribution in [0.3, 0.4) is 0 Å². The summed E-state index contributed by atoms with van der Waals surface area (Å²) in [4.78, 5) is 16.0. The van der Waals surface area contributed by atoms with Crippen LogP contribution in [0.2, 0.25) is 0 Å². The Morgan fingerprint density at radius 1 is 1.24 bits per heavy atom. The fraction of sp³-hybridized carbons (Fsp3) is 0.100. The molecule has 0 bridgehead atoms. The van der Waals surface area contributed by atoms with Crippen LogP contribution in [-0.2, 0) is 4.79 Å². The number of anilines is 1. The minimum absolute atomic E-state index is 0.212. The van der Waals surface area contributed by atoms with E-state index in [1.165, 1.54) is 12.5 Å². The first-order chi connectivity index (χ1) is 12.2. The number of nitrogens with one attached hydrogen (secondary N) is 1. The number of aromatic nitrogens is 1. The summed E-state index contributed by atoms with van der Waals surface area (Å²) in [5, 5.41) is 2.82. The molecule has 1 heterocycles. The molecule has 25 heavy (non-hydrogen) atoms. The second-order valence-corrected chi connectivity index (χ2v) is 5.52. The van der Waals surface area contributed by atoms with Crippen molar-refractivity contribution in [2.24, 2.45) is 0 Å². The minimum atomic E-state index is -0.212. The Bertz CT molecular complexity index is 899. The summed E-state index contributed by atoms with van der Waals surface area (Å²) >= 11 is 0. The Balaban J connectivity index is 1.73. The fourth-order valence-electron chi connectivity index (χ4n) is 2.45. The molecule has 0 radical (unpaired) electrons. The lowest BCUT2D eigenvalue weighted by Crippen LogP contribution is -2.07. The largest absolute Gasteiger partial charge is 0.496 e. The predicted molar refractivity (Wildman–Crippen MR) is 97.3 cm³/mol. The summed E-state index contributed by atoms with van der Waals surface area (Å²) in [6, 6.07) is 13.3. The highest BCUT2D eigenvalue weighted by Gasteiger charge is 2.10. The van der Waals surface area contributed by atoms with Gasteiger partial charge in [0.05, 0.1) is 18.9 Å². The Hall–Kier alpha value is -3.34. The van der Waals surface area contributed by atoms with E-state index in [4.69, 9.17) is 9.15 Å². The van der Waals surface area contributed by atoms with E-state index in [1.54, 1.807) is 31.5 Å². The molecule has 1 N–H and O–H groups in total. The number of carbonyl (C=O) groups excluding carboxylic acids is 1. The first-order valence-electron chi connectivity index (χ1n) is 7.78. The summed E-state index contributed by atoms with van der Waals surface area (Å²) in [6.07, 6.45) is 6.26. The van der Waals surface area contributed by atoms with Gasteiger partial charge in [-0.2, -0.15) is 0 Å². The zero-order chi connectivity index (χ0) is 17.6. The van der Waals surface area contributed by atoms with Gasteiger partial charge in [-0.3, -0.25) is 4.79 Å². The monoisotopic (exact) mass is 334 g/mol. The van der Waals surface area contributed by atoms with Crippen molar-refractivity contribution in [1.29, 1.82) is 0 Å². The summed E-state index contributed by atoms with van der Waals surface area (Å²) in [7, 11) is 1.57. The topological polar surface area (TPSA) is 64.4 Å². The van der Waals surface area contributed by atoms with E-state index in [0.29, 0.717) is 17.2 Å². The van der Waals surface area contributed by atoms with E-state index >= 15 is 0 Å². The van der Waals surface area contributed by atoms with Crippen molar-refractivity contribution in [1.82, 2.24) is 4.98 Å². The second kappa shape index (κ2) is 7.49. The molecule has 3 rings (SSSR count). The first-order valence-corrected chi connectivity index (χ1v) is 7.78. The van der Waals surface area contributed by atoms with Crippen LogP contribution in [0.5, 0.6) is 5.75 Å². The molecule has 0 spiro atoms. The van der Waals surface area contributed by atoms with Crippen LogP contribution in [-0.4, -0.2) is 18.0 Å². The molecule has 5 nitrogen and oxygen atoms in total. The molecule has 0 aliphatic heterocycles. The smallest absolute Gasteiger partial charge is 0.248 e. The van der Waals surface area contributed by atoms with E-state index in [0.717, 1.165) is 16.7 Å². The standard InChI is InChI=1S/C20H18N2O3/c1-14-4-3-5-15(10-14)6-9-20(23)22-16-7-8-17(18(11-16)24-2)19-12-21-13-25-19/h3-13H,1-2H3,(H,22,23)/b9-6+. The Kier molecular flexibility index (Phi) is 4.95. The second-order valence-electron chi connectivity index (χ2n) is 5.52. The maximum absolute atomic E-state index is 12.1. The molecule has 126 valence electrons. The summed E-state index contributed by atoms with van der Waals surface area (Å²) in [5.41, 5.74) is 3.54. The van der Waals surface area contributed by atoms with Gasteiger partial charge >= 0.3 is 0 Å². The van der Waals surface area contributed by atoms with Gasteiger partial charge in [0, 0.05) is 17.8 Å². The van der Waals surface area contributed by atoms with Gasteiger partial charge < -0.3 is 14.5 Å². The third kappa shape index (κ3) is 4.14. The van der Waals surface area contributed by atoms with E-state index in [9.17, 15) is 4.79 Å². The highest BCUT2D eigenvalue weighted by Crippen LogP contribution is 2.32. The van der Waals surface area contributed by atoms with Crippen molar-refractivity contribution in [3.05, 3.63) is 72.3 Å². The Morgan fingerprint density at radius 2 is 2.12 bits per heavy atom. The van der Waals surface area contributed by atoms with Crippen LogP contribution in [0.15, 0.2) is 65.5 Å². The number of hydrogen-bond acceptors (Lipinski definition) is 4. The van der Waals surface area contributed by atoms with Gasteiger partial charge in [0.1, 0.15) is 5.75 Å². The van der Waals surface area contributed by atoms with Gasteiger partial charge in [-0.1, -0.05) is 29.8 Å². The average Bonchev–Trinajstić information content (AvgIpc) is 3.14. The van der Waals surface area contributed by atoms with Crippen LogP contribution >= 0.6 is 0 Å². The van der Waals surface area contributed by atoms with Crippen molar-refractivity contribution >= 4 is 17.7 Å². The van der Waals surface area contributed by atoms with E-state index in [1.807, 2.05) is 37.3 Å². The van der Waals surface area contributed by atoms with Crippen molar-refractivity contribution in [2.45, 2.75) is 6.92 Å². The fourth-order valence-corrected chi connectivity index (χ4v) is 2.45. The average molecular weight is 334 g/mol. The molecule has 5 heteroatoms. The zero-order valence-electron chi connectivity index (χ0n) is 14.0. The third-order valence-corrected chi connectivity index (χ3v) is 3.64. The van der Waals surface area contributed by atoms with Crippen LogP contribution in [0.1, 0.15) is 11.1 Å². The van der Waals surface area contributed by atoms with Gasteiger partial charge in [0.2, 0.25) is 5.91 Å². The van der Waals surface area contributed by atoms with E-state index < -0.39 is 0 Å². The van der Waals surface area contributed by atoms with Gasteiger partial charge in [-0.25, -0.2) is 4.98 Å². The number of amides is 1. The lowest BCUT2D eigenvalue weighted by Gasteiger charge is -2.09. The number of nitrogens with zero attached hydrogens (tertiary/aromatic N) is 1. The molecule has 0 aliphatic rings. The zero-order valence-corrected chi connectivity index (χ0v) is 14.0. The number of ether oxygens (including phenoxy) is 1. The van der Waals surface area contributed by atoms with Crippen LogP contribution in [0.4, 0.5) is 5.69 Å². The van der Waals surface area contributed by atoms with Crippen molar-refractivity contribution in [3.8, 4) is 17.1 Å². The van der Waals surface area contributed by atoms with Gasteiger partial charge in [-0.15, -0.1) is 0 Å². The predicted octanol–water partition coefficient (Wildman–Crippen LogP) is 4.31. The highest BCUT2D eigenvalue weighted by atomic mass is 16.5. The molecule has 0 saturated carbocycles. The van der Waals surface area contributed by atoms with Gasteiger partial charge in [0.25, 0.3) is 0 Å². The molecule has 1 amide bonds. The maximum Gasteiger partial charge on any atom is 0.248 e. The molecule has 1 aromatic heterocycles. The quantitative estimate of drug-likeness (QED) is 0.706. The van der Waals surface area contributed by atoms with Crippen LogP contribution in [0.25, 0.3) is 17.4 Å². The summed E-state index contributed by atoms with van der Waals surface area (Å²) in [6.45, 7) is 2.01. The summed E-state index contributed by atoms with van der Waals surface area (Å²) in [5.74, 6) is 0.988. The molecular weight excluding hydrogens is 316 g/mol. The SMILES string of the molecule is COc1cc(NC(=O)/C=C/c2cccc(C)c2)ccc1-c1cnco1. The Morgan fingerprint density at radius 3 is 2.84 bits per heavy atom. The molecule has 2 aromatic carbocycles. The lowest BCUT2D eigenvalue weighted by atomic mass is 10.1. The summed E-state index contributed by atoms with van der Waals surface area (Å²) < 4.78 is 10.7. The third-order valence-electron chi connectivity index (χ3n) is 3.64. The van der Waals surface area contributed by atoms with Crippen molar-refractivity contribution in [2.75, 3.05) is 12.4 Å². The number of hydrogen-bond donors (Lipinski definition) is 1. The Labute approximate surface area is 146 Å². The van der Waals surface area contributed by atoms with Crippen molar-refractivity contribution in [3.63, 3.8) is 0 Å². The number of carbonyl (C=O) groups is 1. The number of aryl methyl sites for hydroxylation is 1. The molecule has 0 atom stereocenters. The van der Waals surface area contributed by atoms with Crippen LogP contribution < -0.4 is 10.1 Å². The molecule has 0 unspecified atom stereocenters. The maximum atomic E-state index is 12.1. The van der Waals surface area contributed by atoms with Gasteiger partial charge in [0.15, 0.2) is 12.2 Å². The lowest BCUT2D eigenvalue weighted by molar-refractivity contribution is -0.111. The molecule has 0 aliphatic carbocycles. The van der Waals surface area contributed by atoms with E-state index in [-0.39, 0.29) is 5.91 Å². The molecule has 3 aromatic rings. The molecule has 0 fully saturated rings. The highest BCUT2D eigenvalue weighted by molar-refractivity contribution is 6.02. The van der Waals surface area contributed by atoms with Gasteiger partial charge in [-0.05, 0) is 30.7 Å². The molecule has 0 saturated heterocycles. The van der Waals surface area contributed by atoms with Crippen molar-refractivity contribution < 1.29 is 13.9 Å². The number of oxazole rings is 1. The molecular formula is C20H18N2O3. The number of rotatable bonds is 5. The van der Waals surface area contributed by atoms with Crippen LogP contribution in [0, 0.1) is 6.92 Å². The van der Waals surface area contributed by atoms with E-state index in [2.05, 4.69) is 10.3 Å².